The van der Waals surface area contributed by atoms with Crippen LogP contribution in [0.5, 0.6) is 0 Å². The third-order valence-corrected chi connectivity index (χ3v) is 7.40. The summed E-state index contributed by atoms with van der Waals surface area (Å²) < 4.78 is 33.7. The number of hydrogen-bond acceptors (Lipinski definition) is 4. The highest BCUT2D eigenvalue weighted by Gasteiger charge is 2.31. The van der Waals surface area contributed by atoms with E-state index in [9.17, 15) is 8.42 Å². The van der Waals surface area contributed by atoms with Crippen LogP contribution in [0, 0.1) is 5.92 Å². The molecule has 0 bridgehead atoms. The monoisotopic (exact) mass is 347 g/mol. The Morgan fingerprint density at radius 3 is 2.22 bits per heavy atom. The van der Waals surface area contributed by atoms with Gasteiger partial charge in [0.25, 0.3) is 10.2 Å². The van der Waals surface area contributed by atoms with Crippen LogP contribution in [0.3, 0.4) is 0 Å². The van der Waals surface area contributed by atoms with Gasteiger partial charge in [-0.2, -0.15) is 17.0 Å². The van der Waals surface area contributed by atoms with Gasteiger partial charge in [0.15, 0.2) is 0 Å². The summed E-state index contributed by atoms with van der Waals surface area (Å²) in [6.45, 7) is 3.32. The van der Waals surface area contributed by atoms with E-state index in [1.807, 2.05) is 0 Å². The first kappa shape index (κ1) is 19.1. The molecule has 0 aromatic carbocycles. The molecule has 136 valence electrons. The van der Waals surface area contributed by atoms with E-state index in [0.717, 1.165) is 26.0 Å². The van der Waals surface area contributed by atoms with E-state index in [1.165, 1.54) is 30.0 Å². The molecule has 0 aromatic rings. The van der Waals surface area contributed by atoms with Crippen LogP contribution in [0.4, 0.5) is 0 Å². The van der Waals surface area contributed by atoms with Gasteiger partial charge >= 0.3 is 0 Å². The normalized spacial score (nSPS) is 22.5. The fraction of sp³-hybridized carbons (Fsp3) is 1.00. The first-order valence-corrected chi connectivity index (χ1v) is 10.3. The average Bonchev–Trinajstić information content (AvgIpc) is 3.07. The highest BCUT2D eigenvalue weighted by Crippen LogP contribution is 2.23. The van der Waals surface area contributed by atoms with Crippen molar-refractivity contribution in [2.24, 2.45) is 5.92 Å². The Labute approximate surface area is 141 Å². The molecule has 2 fully saturated rings. The van der Waals surface area contributed by atoms with Crippen molar-refractivity contribution >= 4 is 10.2 Å². The van der Waals surface area contributed by atoms with Crippen molar-refractivity contribution < 1.29 is 13.2 Å². The fourth-order valence-corrected chi connectivity index (χ4v) is 5.06. The average molecular weight is 348 g/mol. The molecule has 2 rings (SSSR count). The lowest BCUT2D eigenvalue weighted by Crippen LogP contribution is -2.48. The topological polar surface area (TPSA) is 53.1 Å². The molecule has 1 saturated heterocycles. The van der Waals surface area contributed by atoms with Crippen LogP contribution in [0.1, 0.15) is 38.5 Å². The highest BCUT2D eigenvalue weighted by molar-refractivity contribution is 7.86. The van der Waals surface area contributed by atoms with E-state index >= 15 is 0 Å². The molecule has 1 aliphatic heterocycles. The maximum atomic E-state index is 12.7. The third kappa shape index (κ3) is 5.13. The summed E-state index contributed by atoms with van der Waals surface area (Å²) in [6, 6.07) is 0.635. The molecule has 2 aliphatic rings. The van der Waals surface area contributed by atoms with Crippen molar-refractivity contribution in [2.45, 2.75) is 44.6 Å². The fourth-order valence-electron chi connectivity index (χ4n) is 3.68. The maximum absolute atomic E-state index is 12.7. The van der Waals surface area contributed by atoms with Crippen LogP contribution in [0.15, 0.2) is 0 Å². The first-order valence-electron chi connectivity index (χ1n) is 8.85. The van der Waals surface area contributed by atoms with Crippen molar-refractivity contribution in [3.63, 3.8) is 0 Å². The van der Waals surface area contributed by atoms with Gasteiger partial charge in [-0.05, 0) is 38.6 Å². The summed E-state index contributed by atoms with van der Waals surface area (Å²) in [5.74, 6) is 0.491. The van der Waals surface area contributed by atoms with E-state index in [-0.39, 0.29) is 0 Å². The SMILES string of the molecule is COCC1CCN(S(=O)(=O)N(C)CCN(C)C2CCCC2)CC1. The number of rotatable bonds is 8. The molecule has 0 atom stereocenters. The van der Waals surface area contributed by atoms with Gasteiger partial charge in [0.2, 0.25) is 0 Å². The Balaban J connectivity index is 1.79. The molecular formula is C16H33N3O3S. The Morgan fingerprint density at radius 2 is 1.65 bits per heavy atom. The van der Waals surface area contributed by atoms with Crippen molar-refractivity contribution in [3.8, 4) is 0 Å². The quantitative estimate of drug-likeness (QED) is 0.666. The van der Waals surface area contributed by atoms with E-state index in [0.29, 0.717) is 31.6 Å². The molecule has 0 N–H and O–H groups in total. The molecule has 23 heavy (non-hydrogen) atoms. The van der Waals surface area contributed by atoms with Gasteiger partial charge in [0.05, 0.1) is 0 Å². The summed E-state index contributed by atoms with van der Waals surface area (Å²) in [4.78, 5) is 2.32. The maximum Gasteiger partial charge on any atom is 0.281 e. The summed E-state index contributed by atoms with van der Waals surface area (Å²) in [5.41, 5.74) is 0. The zero-order chi connectivity index (χ0) is 16.9. The molecule has 0 spiro atoms. The van der Waals surface area contributed by atoms with Gasteiger partial charge in [-0.1, -0.05) is 12.8 Å². The van der Waals surface area contributed by atoms with Crippen LogP contribution in [0.2, 0.25) is 0 Å². The minimum absolute atomic E-state index is 0.491. The molecule has 7 heteroatoms. The Kier molecular flexibility index (Phi) is 7.28. The predicted octanol–water partition coefficient (Wildman–Crippen LogP) is 1.40. The first-order chi connectivity index (χ1) is 10.9. The highest BCUT2D eigenvalue weighted by atomic mass is 32.2. The van der Waals surface area contributed by atoms with Crippen molar-refractivity contribution in [2.75, 3.05) is 54.0 Å². The summed E-state index contributed by atoms with van der Waals surface area (Å²) in [6.07, 6.45) is 6.89. The second-order valence-electron chi connectivity index (χ2n) is 7.05. The van der Waals surface area contributed by atoms with Gasteiger partial charge in [-0.3, -0.25) is 0 Å². The van der Waals surface area contributed by atoms with E-state index in [1.54, 1.807) is 18.5 Å². The van der Waals surface area contributed by atoms with Crippen LogP contribution in [-0.4, -0.2) is 82.0 Å². The van der Waals surface area contributed by atoms with Crippen molar-refractivity contribution in [1.29, 1.82) is 0 Å². The summed E-state index contributed by atoms with van der Waals surface area (Å²) in [7, 11) is 2.21. The van der Waals surface area contributed by atoms with Crippen molar-refractivity contribution in [3.05, 3.63) is 0 Å². The molecule has 0 amide bonds. The molecule has 1 saturated carbocycles. The molecular weight excluding hydrogens is 314 g/mol. The Morgan fingerprint density at radius 1 is 1.04 bits per heavy atom. The van der Waals surface area contributed by atoms with Gasteiger partial charge in [-0.25, -0.2) is 0 Å². The smallest absolute Gasteiger partial charge is 0.281 e. The number of methoxy groups -OCH3 is 1. The second kappa shape index (κ2) is 8.76. The van der Waals surface area contributed by atoms with E-state index in [2.05, 4.69) is 11.9 Å². The summed E-state index contributed by atoms with van der Waals surface area (Å²) >= 11 is 0. The number of hydrogen-bond donors (Lipinski definition) is 0. The molecule has 6 nitrogen and oxygen atoms in total. The van der Waals surface area contributed by atoms with Crippen LogP contribution in [-0.2, 0) is 14.9 Å². The minimum atomic E-state index is -3.32. The van der Waals surface area contributed by atoms with E-state index in [4.69, 9.17) is 4.74 Å². The third-order valence-electron chi connectivity index (χ3n) is 5.41. The second-order valence-corrected chi connectivity index (χ2v) is 9.08. The lowest BCUT2D eigenvalue weighted by atomic mass is 9.99. The zero-order valence-electron chi connectivity index (χ0n) is 14.9. The summed E-state index contributed by atoms with van der Waals surface area (Å²) in [5, 5.41) is 0. The van der Waals surface area contributed by atoms with Crippen LogP contribution < -0.4 is 0 Å². The largest absolute Gasteiger partial charge is 0.384 e. The lowest BCUT2D eigenvalue weighted by Gasteiger charge is -2.34. The minimum Gasteiger partial charge on any atom is -0.384 e. The number of likely N-dealkylation sites (N-methyl/N-ethyl adjacent to an activating group) is 2. The Bertz CT molecular complexity index is 443. The number of ether oxygens (including phenoxy) is 1. The molecule has 0 radical (unpaired) electrons. The van der Waals surface area contributed by atoms with Gasteiger partial charge in [-0.15, -0.1) is 0 Å². The van der Waals surface area contributed by atoms with E-state index < -0.39 is 10.2 Å². The lowest BCUT2D eigenvalue weighted by molar-refractivity contribution is 0.119. The molecule has 0 unspecified atom stereocenters. The zero-order valence-corrected chi connectivity index (χ0v) is 15.7. The van der Waals surface area contributed by atoms with Gasteiger partial charge in [0, 0.05) is 53.0 Å². The van der Waals surface area contributed by atoms with Gasteiger partial charge in [0.1, 0.15) is 0 Å². The molecule has 1 heterocycles. The van der Waals surface area contributed by atoms with Crippen LogP contribution >= 0.6 is 0 Å². The van der Waals surface area contributed by atoms with Gasteiger partial charge < -0.3 is 9.64 Å². The van der Waals surface area contributed by atoms with Crippen molar-refractivity contribution in [1.82, 2.24) is 13.5 Å². The number of piperidine rings is 1. The molecule has 0 aromatic heterocycles. The standard InChI is InChI=1S/C16H33N3O3S/c1-17(16-6-4-5-7-16)12-13-18(2)23(20,21)19-10-8-15(9-11-19)14-22-3/h15-16H,4-14H2,1-3H3. The predicted molar refractivity (Wildman–Crippen MR) is 92.6 cm³/mol. The number of nitrogens with zero attached hydrogens (tertiary/aromatic N) is 3. The Hall–Kier alpha value is -0.210. The molecule has 1 aliphatic carbocycles. The van der Waals surface area contributed by atoms with Crippen LogP contribution in [0.25, 0.3) is 0 Å².